The molecular weight excluding hydrogens is 395 g/mol. The van der Waals surface area contributed by atoms with Gasteiger partial charge in [0.1, 0.15) is 0 Å². The monoisotopic (exact) mass is 415 g/mol. The summed E-state index contributed by atoms with van der Waals surface area (Å²) < 4.78 is 64.3. The molecule has 0 aliphatic carbocycles. The van der Waals surface area contributed by atoms with Gasteiger partial charge in [0.25, 0.3) is 10.0 Å². The number of benzene rings is 2. The van der Waals surface area contributed by atoms with Crippen molar-refractivity contribution in [1.29, 1.82) is 0 Å². The molecule has 152 valence electrons. The van der Waals surface area contributed by atoms with E-state index in [1.54, 1.807) is 13.0 Å². The molecule has 3 N–H and O–H groups in total. The number of amides is 1. The molecule has 0 saturated heterocycles. The van der Waals surface area contributed by atoms with Crippen LogP contribution in [0.1, 0.15) is 23.6 Å². The first-order valence-corrected chi connectivity index (χ1v) is 9.78. The molecule has 2 aromatic carbocycles. The number of hydrogen-bond donors (Lipinski definition) is 3. The van der Waals surface area contributed by atoms with E-state index in [9.17, 15) is 26.4 Å². The first-order valence-electron chi connectivity index (χ1n) is 8.30. The van der Waals surface area contributed by atoms with Crippen LogP contribution in [0, 0.1) is 13.8 Å². The lowest BCUT2D eigenvalue weighted by molar-refractivity contribution is -0.173. The Morgan fingerprint density at radius 1 is 1.00 bits per heavy atom. The quantitative estimate of drug-likeness (QED) is 0.629. The van der Waals surface area contributed by atoms with Gasteiger partial charge in [0.05, 0.1) is 10.6 Å². The maximum Gasteiger partial charge on any atom is 0.472 e. The lowest BCUT2D eigenvalue weighted by Gasteiger charge is -2.14. The summed E-state index contributed by atoms with van der Waals surface area (Å²) in [5, 5.41) is 0. The van der Waals surface area contributed by atoms with Crippen LogP contribution in [0.2, 0.25) is 0 Å². The standard InChI is InChI=1S/C18H20F3N3O3S/c1-4-13-10-16(12(3)9-11(13)2)28(26,27)24-15-7-5-14(6-8-15)22-23-17(25)18(19,20)21/h5-10,22,24H,4H2,1-3H3,(H,23,25). The lowest BCUT2D eigenvalue weighted by Crippen LogP contribution is -2.40. The number of carbonyl (C=O) groups is 1. The molecular formula is C18H20F3N3O3S. The number of carbonyl (C=O) groups excluding carboxylic acids is 1. The summed E-state index contributed by atoms with van der Waals surface area (Å²) in [5.74, 6) is -2.14. The Morgan fingerprint density at radius 2 is 1.57 bits per heavy atom. The Morgan fingerprint density at radius 3 is 2.11 bits per heavy atom. The minimum atomic E-state index is -5.01. The normalized spacial score (nSPS) is 11.8. The highest BCUT2D eigenvalue weighted by molar-refractivity contribution is 7.92. The zero-order chi connectivity index (χ0) is 21.1. The Bertz CT molecular complexity index is 972. The second-order valence-corrected chi connectivity index (χ2v) is 7.81. The maximum atomic E-state index is 12.7. The zero-order valence-electron chi connectivity index (χ0n) is 15.4. The Kier molecular flexibility index (Phi) is 6.23. The summed E-state index contributed by atoms with van der Waals surface area (Å²) in [6.07, 6.45) is -4.32. The number of rotatable bonds is 6. The van der Waals surface area contributed by atoms with E-state index in [0.717, 1.165) is 11.1 Å². The fourth-order valence-corrected chi connectivity index (χ4v) is 3.91. The number of anilines is 2. The summed E-state index contributed by atoms with van der Waals surface area (Å²) in [5.41, 5.74) is 6.53. The van der Waals surface area contributed by atoms with Gasteiger partial charge in [-0.15, -0.1) is 0 Å². The molecule has 0 heterocycles. The summed E-state index contributed by atoms with van der Waals surface area (Å²) in [6.45, 7) is 5.56. The van der Waals surface area contributed by atoms with Gasteiger partial charge in [-0.25, -0.2) is 8.42 Å². The number of hydrogen-bond acceptors (Lipinski definition) is 4. The van der Waals surface area contributed by atoms with Gasteiger partial charge >= 0.3 is 12.1 Å². The van der Waals surface area contributed by atoms with Crippen LogP contribution in [0.25, 0.3) is 0 Å². The first-order chi connectivity index (χ1) is 12.9. The molecule has 0 spiro atoms. The van der Waals surface area contributed by atoms with E-state index in [1.165, 1.54) is 29.7 Å². The largest absolute Gasteiger partial charge is 0.472 e. The van der Waals surface area contributed by atoms with Gasteiger partial charge in [-0.3, -0.25) is 20.4 Å². The number of alkyl halides is 3. The predicted molar refractivity (Wildman–Crippen MR) is 100 cm³/mol. The molecule has 0 aliphatic heterocycles. The second-order valence-electron chi connectivity index (χ2n) is 6.16. The third kappa shape index (κ3) is 5.16. The highest BCUT2D eigenvalue weighted by Gasteiger charge is 2.38. The highest BCUT2D eigenvalue weighted by atomic mass is 32.2. The van der Waals surface area contributed by atoms with Crippen LogP contribution in [0.5, 0.6) is 0 Å². The van der Waals surface area contributed by atoms with Crippen molar-refractivity contribution in [2.75, 3.05) is 10.1 Å². The number of sulfonamides is 1. The number of aryl methyl sites for hydroxylation is 3. The van der Waals surface area contributed by atoms with Crippen molar-refractivity contribution in [3.05, 3.63) is 53.1 Å². The Hall–Kier alpha value is -2.75. The van der Waals surface area contributed by atoms with E-state index in [4.69, 9.17) is 0 Å². The van der Waals surface area contributed by atoms with E-state index in [-0.39, 0.29) is 16.3 Å². The topological polar surface area (TPSA) is 87.3 Å². The first kappa shape index (κ1) is 21.5. The van der Waals surface area contributed by atoms with E-state index in [0.29, 0.717) is 12.0 Å². The molecule has 0 aromatic heterocycles. The third-order valence-corrected chi connectivity index (χ3v) is 5.54. The molecule has 10 heteroatoms. The molecule has 0 radical (unpaired) electrons. The summed E-state index contributed by atoms with van der Waals surface area (Å²) in [4.78, 5) is 10.9. The van der Waals surface area contributed by atoms with Gasteiger partial charge in [0, 0.05) is 5.69 Å². The average molecular weight is 415 g/mol. The zero-order valence-corrected chi connectivity index (χ0v) is 16.3. The molecule has 0 aliphatic rings. The van der Waals surface area contributed by atoms with Crippen molar-refractivity contribution in [1.82, 2.24) is 5.43 Å². The van der Waals surface area contributed by atoms with Crippen molar-refractivity contribution in [3.8, 4) is 0 Å². The van der Waals surface area contributed by atoms with E-state index >= 15 is 0 Å². The molecule has 2 rings (SSSR count). The molecule has 0 fully saturated rings. The summed E-state index contributed by atoms with van der Waals surface area (Å²) in [6, 6.07) is 8.83. The minimum absolute atomic E-state index is 0.153. The van der Waals surface area contributed by atoms with Crippen molar-refractivity contribution in [3.63, 3.8) is 0 Å². The van der Waals surface area contributed by atoms with Gasteiger partial charge < -0.3 is 0 Å². The van der Waals surface area contributed by atoms with E-state index in [2.05, 4.69) is 10.1 Å². The van der Waals surface area contributed by atoms with Gasteiger partial charge in [-0.1, -0.05) is 13.0 Å². The molecule has 0 bridgehead atoms. The van der Waals surface area contributed by atoms with Crippen LogP contribution < -0.4 is 15.6 Å². The molecule has 0 atom stereocenters. The second kappa shape index (κ2) is 8.09. The molecule has 0 unspecified atom stereocenters. The van der Waals surface area contributed by atoms with Crippen molar-refractivity contribution in [2.24, 2.45) is 0 Å². The van der Waals surface area contributed by atoms with Crippen molar-refractivity contribution < 1.29 is 26.4 Å². The van der Waals surface area contributed by atoms with Crippen LogP contribution in [-0.2, 0) is 21.2 Å². The molecule has 1 amide bonds. The van der Waals surface area contributed by atoms with E-state index < -0.39 is 22.1 Å². The summed E-state index contributed by atoms with van der Waals surface area (Å²) >= 11 is 0. The summed E-state index contributed by atoms with van der Waals surface area (Å²) in [7, 11) is -3.84. The van der Waals surface area contributed by atoms with Gasteiger partial charge in [0.2, 0.25) is 0 Å². The number of halogens is 3. The van der Waals surface area contributed by atoms with Crippen molar-refractivity contribution in [2.45, 2.75) is 38.3 Å². The Labute approximate surface area is 161 Å². The SMILES string of the molecule is CCc1cc(S(=O)(=O)Nc2ccc(NNC(=O)C(F)(F)F)cc2)c(C)cc1C. The van der Waals surface area contributed by atoms with Crippen LogP contribution in [0.3, 0.4) is 0 Å². The highest BCUT2D eigenvalue weighted by Crippen LogP contribution is 2.24. The molecule has 0 saturated carbocycles. The predicted octanol–water partition coefficient (Wildman–Crippen LogP) is 3.67. The minimum Gasteiger partial charge on any atom is -0.298 e. The van der Waals surface area contributed by atoms with Crippen LogP contribution in [-0.4, -0.2) is 20.5 Å². The number of hydrazine groups is 1. The third-order valence-electron chi connectivity index (χ3n) is 4.02. The Balaban J connectivity index is 2.14. The van der Waals surface area contributed by atoms with Crippen LogP contribution >= 0.6 is 0 Å². The van der Waals surface area contributed by atoms with Crippen molar-refractivity contribution >= 4 is 27.3 Å². The number of nitrogens with one attached hydrogen (secondary N) is 3. The van der Waals surface area contributed by atoms with E-state index in [1.807, 2.05) is 19.9 Å². The fraction of sp³-hybridized carbons (Fsp3) is 0.278. The van der Waals surface area contributed by atoms with Gasteiger partial charge in [0.15, 0.2) is 0 Å². The maximum absolute atomic E-state index is 12.7. The average Bonchev–Trinajstić information content (AvgIpc) is 2.59. The van der Waals surface area contributed by atoms with Crippen LogP contribution in [0.4, 0.5) is 24.5 Å². The van der Waals surface area contributed by atoms with Gasteiger partial charge in [-0.05, 0) is 67.3 Å². The van der Waals surface area contributed by atoms with Crippen LogP contribution in [0.15, 0.2) is 41.3 Å². The lowest BCUT2D eigenvalue weighted by atomic mass is 10.0. The fourth-order valence-electron chi connectivity index (χ4n) is 2.58. The molecule has 6 nitrogen and oxygen atoms in total. The molecule has 2 aromatic rings. The smallest absolute Gasteiger partial charge is 0.298 e. The molecule has 28 heavy (non-hydrogen) atoms. The van der Waals surface area contributed by atoms with Gasteiger partial charge in [-0.2, -0.15) is 13.2 Å².